The van der Waals surface area contributed by atoms with Crippen LogP contribution in [0.1, 0.15) is 98.5 Å². The van der Waals surface area contributed by atoms with E-state index in [1.807, 2.05) is 41.5 Å². The summed E-state index contributed by atoms with van der Waals surface area (Å²) in [7, 11) is 0. The van der Waals surface area contributed by atoms with Gasteiger partial charge in [0.15, 0.2) is 11.5 Å². The molecule has 39 heavy (non-hydrogen) atoms. The number of carboxylic acid groups (broad SMARTS) is 1. The molecule has 1 saturated carbocycles. The van der Waals surface area contributed by atoms with Gasteiger partial charge in [-0.1, -0.05) is 59.9 Å². The zero-order chi connectivity index (χ0) is 29.2. The normalized spacial score (nSPS) is 16.4. The first-order valence-corrected chi connectivity index (χ1v) is 14.1. The van der Waals surface area contributed by atoms with Crippen molar-refractivity contribution in [3.05, 3.63) is 23.8 Å². The van der Waals surface area contributed by atoms with Gasteiger partial charge in [0, 0.05) is 25.3 Å². The highest BCUT2D eigenvalue weighted by atomic mass is 16.6. The van der Waals surface area contributed by atoms with Crippen LogP contribution in [0.2, 0.25) is 0 Å². The third-order valence-electron chi connectivity index (χ3n) is 6.71. The fourth-order valence-electron chi connectivity index (χ4n) is 4.50. The number of nitrogens with one attached hydrogen (secondary N) is 1. The molecule has 0 radical (unpaired) electrons. The number of hydrogen-bond acceptors (Lipinski definition) is 8. The van der Waals surface area contributed by atoms with E-state index in [-0.39, 0.29) is 54.6 Å². The molecule has 1 fully saturated rings. The van der Waals surface area contributed by atoms with E-state index in [4.69, 9.17) is 14.2 Å². The molecule has 2 atom stereocenters. The van der Waals surface area contributed by atoms with Crippen molar-refractivity contribution in [2.45, 2.75) is 111 Å². The van der Waals surface area contributed by atoms with E-state index in [0.29, 0.717) is 24.8 Å². The molecule has 218 valence electrons. The van der Waals surface area contributed by atoms with E-state index in [2.05, 4.69) is 5.32 Å². The van der Waals surface area contributed by atoms with Crippen LogP contribution in [0.15, 0.2) is 18.2 Å². The second-order valence-electron chi connectivity index (χ2n) is 11.4. The summed E-state index contributed by atoms with van der Waals surface area (Å²) in [6, 6.07) is 4.27. The van der Waals surface area contributed by atoms with Crippen molar-refractivity contribution in [1.82, 2.24) is 5.32 Å². The molecule has 1 aromatic carbocycles. The van der Waals surface area contributed by atoms with Gasteiger partial charge in [0.2, 0.25) is 0 Å². The Labute approximate surface area is 232 Å². The molecule has 2 rings (SSSR count). The highest BCUT2D eigenvalue weighted by molar-refractivity contribution is 5.83. The molecule has 1 aliphatic rings. The number of carbonyl (C=O) groups excluding carboxylic acids is 3. The summed E-state index contributed by atoms with van der Waals surface area (Å²) in [6.07, 6.45) is 4.91. The van der Waals surface area contributed by atoms with Crippen molar-refractivity contribution >= 4 is 23.9 Å². The van der Waals surface area contributed by atoms with Crippen LogP contribution in [0.4, 0.5) is 0 Å². The fraction of sp³-hybridized carbons (Fsp3) is 0.667. The SMILES string of the molecule is CCC(C)N[C@@](Cc1ccc(OC(=O)CC(C)C)c(OC(=O)CC(C)C)c1)(OC(=O)C1CCCCC1)C(=O)O. The molecule has 2 N–H and O–H groups in total. The summed E-state index contributed by atoms with van der Waals surface area (Å²) >= 11 is 0. The number of rotatable bonds is 14. The number of aliphatic carboxylic acids is 1. The van der Waals surface area contributed by atoms with Crippen molar-refractivity contribution in [1.29, 1.82) is 0 Å². The lowest BCUT2D eigenvalue weighted by atomic mass is 9.89. The number of hydrogen-bond donors (Lipinski definition) is 2. The van der Waals surface area contributed by atoms with Gasteiger partial charge in [-0.3, -0.25) is 19.7 Å². The van der Waals surface area contributed by atoms with Gasteiger partial charge in [-0.05, 0) is 55.7 Å². The maximum Gasteiger partial charge on any atom is 0.364 e. The van der Waals surface area contributed by atoms with Crippen LogP contribution < -0.4 is 14.8 Å². The Bertz CT molecular complexity index is 999. The fourth-order valence-corrected chi connectivity index (χ4v) is 4.50. The molecule has 1 aromatic rings. The van der Waals surface area contributed by atoms with E-state index in [0.717, 1.165) is 19.3 Å². The largest absolute Gasteiger partial charge is 0.477 e. The summed E-state index contributed by atoms with van der Waals surface area (Å²) < 4.78 is 16.8. The maximum atomic E-state index is 13.1. The first-order chi connectivity index (χ1) is 18.3. The molecule has 0 bridgehead atoms. The number of benzene rings is 1. The molecule has 0 aromatic heterocycles. The molecular weight excluding hydrogens is 502 g/mol. The van der Waals surface area contributed by atoms with E-state index in [1.54, 1.807) is 6.07 Å². The summed E-state index contributed by atoms with van der Waals surface area (Å²) in [4.78, 5) is 50.7. The minimum atomic E-state index is -2.03. The van der Waals surface area contributed by atoms with Gasteiger partial charge in [0.25, 0.3) is 5.72 Å². The molecule has 0 spiro atoms. The Morgan fingerprint density at radius 3 is 2.00 bits per heavy atom. The average Bonchev–Trinajstić information content (AvgIpc) is 2.84. The molecule has 0 aliphatic heterocycles. The number of carboxylic acids is 1. The third kappa shape index (κ3) is 10.3. The van der Waals surface area contributed by atoms with Crippen LogP contribution in [0.5, 0.6) is 11.5 Å². The lowest BCUT2D eigenvalue weighted by Crippen LogP contribution is -2.60. The summed E-state index contributed by atoms with van der Waals surface area (Å²) in [6.45, 7) is 11.3. The zero-order valence-electron chi connectivity index (χ0n) is 24.2. The Balaban J connectivity index is 2.44. The van der Waals surface area contributed by atoms with Crippen LogP contribution >= 0.6 is 0 Å². The molecule has 0 saturated heterocycles. The Morgan fingerprint density at radius 1 is 0.923 bits per heavy atom. The predicted molar refractivity (Wildman–Crippen MR) is 146 cm³/mol. The Kier molecular flexibility index (Phi) is 12.4. The highest BCUT2D eigenvalue weighted by Crippen LogP contribution is 2.33. The van der Waals surface area contributed by atoms with Crippen molar-refractivity contribution in [3.8, 4) is 11.5 Å². The Morgan fingerprint density at radius 2 is 1.49 bits per heavy atom. The molecule has 0 amide bonds. The third-order valence-corrected chi connectivity index (χ3v) is 6.71. The van der Waals surface area contributed by atoms with Crippen LogP contribution in [0.25, 0.3) is 0 Å². The van der Waals surface area contributed by atoms with Gasteiger partial charge < -0.3 is 19.3 Å². The van der Waals surface area contributed by atoms with E-state index in [9.17, 15) is 24.3 Å². The summed E-state index contributed by atoms with van der Waals surface area (Å²) in [5, 5.41) is 13.4. The second kappa shape index (κ2) is 15.0. The smallest absolute Gasteiger partial charge is 0.364 e. The minimum absolute atomic E-state index is 0.0108. The monoisotopic (exact) mass is 547 g/mol. The predicted octanol–water partition coefficient (Wildman–Crippen LogP) is 5.42. The number of esters is 3. The average molecular weight is 548 g/mol. The molecule has 9 heteroatoms. The lowest BCUT2D eigenvalue weighted by Gasteiger charge is -2.35. The molecule has 0 heterocycles. The Hall–Kier alpha value is -2.94. The van der Waals surface area contributed by atoms with Crippen molar-refractivity contribution in [3.63, 3.8) is 0 Å². The number of carbonyl (C=O) groups is 4. The van der Waals surface area contributed by atoms with E-state index < -0.39 is 29.6 Å². The zero-order valence-corrected chi connectivity index (χ0v) is 24.2. The quantitative estimate of drug-likeness (QED) is 0.178. The van der Waals surface area contributed by atoms with E-state index >= 15 is 0 Å². The lowest BCUT2D eigenvalue weighted by molar-refractivity contribution is -0.188. The second-order valence-corrected chi connectivity index (χ2v) is 11.4. The van der Waals surface area contributed by atoms with Crippen LogP contribution in [0, 0.1) is 17.8 Å². The molecule has 9 nitrogen and oxygen atoms in total. The van der Waals surface area contributed by atoms with Crippen LogP contribution in [-0.4, -0.2) is 40.8 Å². The van der Waals surface area contributed by atoms with Gasteiger partial charge in [-0.15, -0.1) is 0 Å². The number of ether oxygens (including phenoxy) is 3. The molecule has 1 aliphatic carbocycles. The highest BCUT2D eigenvalue weighted by Gasteiger charge is 2.45. The topological polar surface area (TPSA) is 128 Å². The standard InChI is InChI=1S/C30H45NO8/c1-7-21(6)31-30(29(35)36,39-28(34)23-11-9-8-10-12-23)18-22-13-14-24(37-26(32)15-19(2)3)25(17-22)38-27(33)16-20(4)5/h13-14,17,19-21,23,31H,7-12,15-16,18H2,1-6H3,(H,35,36)/t21?,30-/m0/s1. The summed E-state index contributed by atoms with van der Waals surface area (Å²) in [5.74, 6) is -2.97. The van der Waals surface area contributed by atoms with Gasteiger partial charge in [-0.2, -0.15) is 0 Å². The van der Waals surface area contributed by atoms with Crippen LogP contribution in [-0.2, 0) is 30.3 Å². The van der Waals surface area contributed by atoms with E-state index in [1.165, 1.54) is 12.1 Å². The minimum Gasteiger partial charge on any atom is -0.477 e. The van der Waals surface area contributed by atoms with Gasteiger partial charge in [0.1, 0.15) is 0 Å². The van der Waals surface area contributed by atoms with Gasteiger partial charge in [-0.25, -0.2) is 4.79 Å². The maximum absolute atomic E-state index is 13.1. The van der Waals surface area contributed by atoms with Crippen molar-refractivity contribution in [2.75, 3.05) is 0 Å². The first kappa shape index (κ1) is 32.3. The molecular formula is C30H45NO8. The molecule has 1 unspecified atom stereocenters. The first-order valence-electron chi connectivity index (χ1n) is 14.1. The van der Waals surface area contributed by atoms with Gasteiger partial charge >= 0.3 is 23.9 Å². The van der Waals surface area contributed by atoms with Crippen molar-refractivity contribution < 1.29 is 38.5 Å². The summed E-state index contributed by atoms with van der Waals surface area (Å²) in [5.41, 5.74) is -1.60. The van der Waals surface area contributed by atoms with Crippen molar-refractivity contribution in [2.24, 2.45) is 17.8 Å². The van der Waals surface area contributed by atoms with Crippen LogP contribution in [0.3, 0.4) is 0 Å². The van der Waals surface area contributed by atoms with Gasteiger partial charge in [0.05, 0.1) is 5.92 Å².